The maximum absolute atomic E-state index is 13.4. The summed E-state index contributed by atoms with van der Waals surface area (Å²) in [6, 6.07) is 0.771. The Morgan fingerprint density at radius 2 is 2.10 bits per heavy atom. The molecule has 0 saturated heterocycles. The normalized spacial score (nSPS) is 13.2. The molecule has 0 aliphatic carbocycles. The van der Waals surface area contributed by atoms with E-state index in [0.29, 0.717) is 12.5 Å². The molecular formula is C11H15FN2O5S. The molecule has 1 aromatic rings. The Kier molecular flexibility index (Phi) is 5.15. The van der Waals surface area contributed by atoms with Gasteiger partial charge in [-0.15, -0.1) is 0 Å². The van der Waals surface area contributed by atoms with Gasteiger partial charge in [0.2, 0.25) is 15.8 Å². The summed E-state index contributed by atoms with van der Waals surface area (Å²) in [5.74, 6) is -1.10. The highest BCUT2D eigenvalue weighted by Crippen LogP contribution is 2.25. The van der Waals surface area contributed by atoms with E-state index in [9.17, 15) is 22.9 Å². The van der Waals surface area contributed by atoms with Crippen LogP contribution in [0.3, 0.4) is 0 Å². The number of nitrogens with one attached hydrogen (secondary N) is 1. The minimum Gasteiger partial charge on any atom is -0.395 e. The van der Waals surface area contributed by atoms with Gasteiger partial charge in [0.15, 0.2) is 0 Å². The molecule has 0 bridgehead atoms. The highest BCUT2D eigenvalue weighted by atomic mass is 32.2. The molecule has 2 N–H and O–H groups in total. The third-order valence-electron chi connectivity index (χ3n) is 2.77. The second-order valence-electron chi connectivity index (χ2n) is 4.24. The fraction of sp³-hybridized carbons (Fsp3) is 0.455. The number of aliphatic hydroxyl groups is 1. The molecule has 0 aromatic heterocycles. The number of sulfonamides is 1. The third-order valence-corrected chi connectivity index (χ3v) is 4.43. The van der Waals surface area contributed by atoms with E-state index in [1.54, 1.807) is 6.92 Å². The number of halogens is 1. The first-order chi connectivity index (χ1) is 9.22. The molecule has 0 heterocycles. The van der Waals surface area contributed by atoms with Crippen molar-refractivity contribution in [1.29, 1.82) is 0 Å². The Bertz CT molecular complexity index is 613. The topological polar surface area (TPSA) is 110 Å². The Balaban J connectivity index is 3.31. The quantitative estimate of drug-likeness (QED) is 0.604. The molecule has 9 heteroatoms. The Morgan fingerprint density at radius 1 is 1.50 bits per heavy atom. The number of hydrogen-bond donors (Lipinski definition) is 2. The van der Waals surface area contributed by atoms with Gasteiger partial charge in [0.05, 0.1) is 16.4 Å². The molecule has 0 fully saturated rings. The van der Waals surface area contributed by atoms with Crippen LogP contribution < -0.4 is 4.72 Å². The van der Waals surface area contributed by atoms with E-state index in [2.05, 4.69) is 4.72 Å². The molecule has 1 atom stereocenters. The molecule has 1 unspecified atom stereocenters. The number of aliphatic hydroxyl groups excluding tert-OH is 1. The first-order valence-electron chi connectivity index (χ1n) is 5.80. The van der Waals surface area contributed by atoms with Crippen molar-refractivity contribution in [2.24, 2.45) is 0 Å². The van der Waals surface area contributed by atoms with Crippen molar-refractivity contribution < 1.29 is 22.8 Å². The summed E-state index contributed by atoms with van der Waals surface area (Å²) in [4.78, 5) is 9.29. The van der Waals surface area contributed by atoms with E-state index >= 15 is 0 Å². The molecule has 0 spiro atoms. The molecule has 0 saturated carbocycles. The van der Waals surface area contributed by atoms with Crippen LogP contribution in [0.2, 0.25) is 0 Å². The molecule has 1 aromatic carbocycles. The van der Waals surface area contributed by atoms with Crippen LogP contribution in [0.1, 0.15) is 18.9 Å². The zero-order valence-corrected chi connectivity index (χ0v) is 11.8. The van der Waals surface area contributed by atoms with Crippen LogP contribution in [0.25, 0.3) is 0 Å². The first kappa shape index (κ1) is 16.5. The lowest BCUT2D eigenvalue weighted by atomic mass is 10.2. The zero-order chi connectivity index (χ0) is 15.5. The number of hydrogen-bond acceptors (Lipinski definition) is 5. The molecular weight excluding hydrogens is 291 g/mol. The Labute approximate surface area is 115 Å². The summed E-state index contributed by atoms with van der Waals surface area (Å²) in [5, 5.41) is 19.7. The summed E-state index contributed by atoms with van der Waals surface area (Å²) in [5.41, 5.74) is -0.860. The SMILES string of the molecule is CCC(CO)NS(=O)(=O)c1cc([N+](=O)[O-])c(F)cc1C. The number of rotatable bonds is 6. The van der Waals surface area contributed by atoms with Gasteiger partial charge in [-0.2, -0.15) is 4.39 Å². The second-order valence-corrected chi connectivity index (χ2v) is 5.92. The number of nitrogens with zero attached hydrogens (tertiary/aromatic N) is 1. The molecule has 20 heavy (non-hydrogen) atoms. The van der Waals surface area contributed by atoms with Crippen molar-refractivity contribution in [2.75, 3.05) is 6.61 Å². The maximum Gasteiger partial charge on any atom is 0.306 e. The van der Waals surface area contributed by atoms with E-state index in [1.165, 1.54) is 6.92 Å². The largest absolute Gasteiger partial charge is 0.395 e. The minimum absolute atomic E-state index is 0.0494. The van der Waals surface area contributed by atoms with Gasteiger partial charge in [-0.3, -0.25) is 10.1 Å². The predicted octanol–water partition coefficient (Wildman–Crippen LogP) is 1.09. The lowest BCUT2D eigenvalue weighted by Gasteiger charge is -2.15. The van der Waals surface area contributed by atoms with Crippen LogP contribution in [0.5, 0.6) is 0 Å². The molecule has 0 aliphatic heterocycles. The van der Waals surface area contributed by atoms with Crippen molar-refractivity contribution in [3.05, 3.63) is 33.6 Å². The average Bonchev–Trinajstić information content (AvgIpc) is 2.35. The smallest absolute Gasteiger partial charge is 0.306 e. The second kappa shape index (κ2) is 6.25. The summed E-state index contributed by atoms with van der Waals surface area (Å²) >= 11 is 0. The van der Waals surface area contributed by atoms with Crippen LogP contribution in [-0.2, 0) is 10.0 Å². The number of nitro groups is 1. The fourth-order valence-corrected chi connectivity index (χ4v) is 3.16. The van der Waals surface area contributed by atoms with Crippen LogP contribution in [0.15, 0.2) is 17.0 Å². The molecule has 0 radical (unpaired) electrons. The van der Waals surface area contributed by atoms with E-state index in [4.69, 9.17) is 5.11 Å². The van der Waals surface area contributed by atoms with Gasteiger partial charge in [-0.05, 0) is 25.0 Å². The monoisotopic (exact) mass is 306 g/mol. The predicted molar refractivity (Wildman–Crippen MR) is 69.3 cm³/mol. The van der Waals surface area contributed by atoms with Gasteiger partial charge in [0, 0.05) is 12.1 Å². The molecule has 7 nitrogen and oxygen atoms in total. The molecule has 1 rings (SSSR count). The number of aryl methyl sites for hydroxylation is 1. The van der Waals surface area contributed by atoms with Gasteiger partial charge >= 0.3 is 5.69 Å². The lowest BCUT2D eigenvalue weighted by molar-refractivity contribution is -0.387. The van der Waals surface area contributed by atoms with Crippen molar-refractivity contribution in [2.45, 2.75) is 31.2 Å². The minimum atomic E-state index is -4.07. The van der Waals surface area contributed by atoms with Gasteiger partial charge in [-0.25, -0.2) is 13.1 Å². The maximum atomic E-state index is 13.4. The zero-order valence-electron chi connectivity index (χ0n) is 11.0. The van der Waals surface area contributed by atoms with Crippen LogP contribution in [-0.4, -0.2) is 31.1 Å². The Morgan fingerprint density at radius 3 is 2.55 bits per heavy atom. The summed E-state index contributed by atoms with van der Waals surface area (Å²) in [6.07, 6.45) is 0.345. The van der Waals surface area contributed by atoms with E-state index in [1.807, 2.05) is 0 Å². The summed E-state index contributed by atoms with van der Waals surface area (Å²) in [7, 11) is -4.07. The average molecular weight is 306 g/mol. The van der Waals surface area contributed by atoms with Crippen LogP contribution >= 0.6 is 0 Å². The standard InChI is InChI=1S/C11H15FN2O5S/c1-3-8(6-15)13-20(18,19)11-5-10(14(16)17)9(12)4-7(11)2/h4-5,8,13,15H,3,6H2,1-2H3. The first-order valence-corrected chi connectivity index (χ1v) is 7.29. The lowest BCUT2D eigenvalue weighted by Crippen LogP contribution is -2.37. The highest BCUT2D eigenvalue weighted by molar-refractivity contribution is 7.89. The van der Waals surface area contributed by atoms with Gasteiger partial charge in [-0.1, -0.05) is 6.92 Å². The molecule has 0 amide bonds. The number of benzene rings is 1. The fourth-order valence-electron chi connectivity index (χ4n) is 1.60. The summed E-state index contributed by atoms with van der Waals surface area (Å²) in [6.45, 7) is 2.60. The van der Waals surface area contributed by atoms with Crippen LogP contribution in [0.4, 0.5) is 10.1 Å². The summed E-state index contributed by atoms with van der Waals surface area (Å²) < 4.78 is 39.8. The van der Waals surface area contributed by atoms with Crippen LogP contribution in [0, 0.1) is 22.9 Å². The molecule has 112 valence electrons. The van der Waals surface area contributed by atoms with Crippen molar-refractivity contribution in [1.82, 2.24) is 4.72 Å². The van der Waals surface area contributed by atoms with Gasteiger partial charge in [0.25, 0.3) is 0 Å². The van der Waals surface area contributed by atoms with E-state index in [-0.39, 0.29) is 10.5 Å². The van der Waals surface area contributed by atoms with Gasteiger partial charge < -0.3 is 5.11 Å². The van der Waals surface area contributed by atoms with Crippen molar-refractivity contribution in [3.63, 3.8) is 0 Å². The molecule has 0 aliphatic rings. The van der Waals surface area contributed by atoms with E-state index in [0.717, 1.165) is 6.07 Å². The van der Waals surface area contributed by atoms with Crippen molar-refractivity contribution in [3.8, 4) is 0 Å². The van der Waals surface area contributed by atoms with E-state index < -0.39 is 39.1 Å². The van der Waals surface area contributed by atoms with Crippen molar-refractivity contribution >= 4 is 15.7 Å². The highest BCUT2D eigenvalue weighted by Gasteiger charge is 2.25. The van der Waals surface area contributed by atoms with Gasteiger partial charge in [0.1, 0.15) is 0 Å². The Hall–Kier alpha value is -1.58. The third kappa shape index (κ3) is 3.50. The number of nitro benzene ring substituents is 1.